The van der Waals surface area contributed by atoms with Crippen molar-refractivity contribution in [1.29, 1.82) is 0 Å². The second-order valence-corrected chi connectivity index (χ2v) is 21.3. The number of sulfone groups is 2. The molecular weight excluding hydrogens is 991 g/mol. The summed E-state index contributed by atoms with van der Waals surface area (Å²) in [7, 11) is -25.6. The lowest BCUT2D eigenvalue weighted by Gasteiger charge is -2.15. The summed E-state index contributed by atoms with van der Waals surface area (Å²) < 4.78 is 213. The zero-order chi connectivity index (χ0) is 48.4. The lowest BCUT2D eigenvalue weighted by atomic mass is 10.1. The number of ether oxygens (including phenoxy) is 4. The molecule has 0 aromatic heterocycles. The number of methoxy groups -OCH3 is 4. The van der Waals surface area contributed by atoms with Gasteiger partial charge in [0.1, 0.15) is 65.3 Å². The molecule has 34 heteroatoms. The van der Waals surface area contributed by atoms with Gasteiger partial charge in [-0.2, -0.15) is 33.7 Å². The number of benzene rings is 4. The third-order valence-electron chi connectivity index (χ3n) is 8.15. The third kappa shape index (κ3) is 12.0. The van der Waals surface area contributed by atoms with Gasteiger partial charge in [-0.05, 0) is 17.5 Å². The lowest BCUT2D eigenvalue weighted by Crippen LogP contribution is -2.16. The number of nitrogen functional groups attached to an aromatic ring is 1. The Balaban J connectivity index is 1.94. The average Bonchev–Trinajstić information content (AvgIpc) is 3.17. The van der Waals surface area contributed by atoms with Gasteiger partial charge in [0.2, 0.25) is 0 Å². The van der Waals surface area contributed by atoms with Crippen molar-refractivity contribution in [3.8, 4) is 28.7 Å². The van der Waals surface area contributed by atoms with Crippen molar-refractivity contribution in [2.75, 3.05) is 58.9 Å². The van der Waals surface area contributed by atoms with Crippen LogP contribution in [0.15, 0.2) is 76.4 Å². The van der Waals surface area contributed by atoms with Crippen molar-refractivity contribution in [1.82, 2.24) is 0 Å². The molecule has 0 atom stereocenters. The molecule has 0 radical (unpaired) electrons. The van der Waals surface area contributed by atoms with Gasteiger partial charge in [0, 0.05) is 24.3 Å². The molecule has 0 saturated carbocycles. The summed E-state index contributed by atoms with van der Waals surface area (Å²) in [6.07, 6.45) is 0. The van der Waals surface area contributed by atoms with E-state index >= 15 is 0 Å². The Morgan fingerprint density at radius 3 is 1.20 bits per heavy atom. The molecule has 0 bridgehead atoms. The molecule has 0 amide bonds. The number of aromatic hydroxyl groups is 1. The van der Waals surface area contributed by atoms with E-state index in [1.807, 2.05) is 0 Å². The van der Waals surface area contributed by atoms with Crippen LogP contribution in [0.5, 0.6) is 28.7 Å². The van der Waals surface area contributed by atoms with E-state index in [1.165, 1.54) is 0 Å². The molecule has 0 unspecified atom stereocenters. The fourth-order valence-corrected chi connectivity index (χ4v) is 10.0. The summed E-state index contributed by atoms with van der Waals surface area (Å²) in [4.78, 5) is -3.59. The number of nitrogens with zero attached hydrogens (tertiary/aromatic N) is 4. The normalized spacial score (nSPS) is 13.2. The number of rotatable bonds is 20. The first kappa shape index (κ1) is 51.2. The van der Waals surface area contributed by atoms with E-state index in [2.05, 4.69) is 28.8 Å². The van der Waals surface area contributed by atoms with Crippen molar-refractivity contribution in [2.24, 2.45) is 20.5 Å². The van der Waals surface area contributed by atoms with Crippen LogP contribution >= 0.6 is 0 Å². The number of azo groups is 2. The summed E-state index contributed by atoms with van der Waals surface area (Å²) >= 11 is 0. The predicted octanol–water partition coefficient (Wildman–Crippen LogP) is 2.67. The fourth-order valence-electron chi connectivity index (χ4n) is 5.38. The summed E-state index contributed by atoms with van der Waals surface area (Å²) in [6, 6.07) is 4.65. The molecule has 28 nitrogen and oxygen atoms in total. The Bertz CT molecular complexity index is 3050. The van der Waals surface area contributed by atoms with Gasteiger partial charge in [0.05, 0.1) is 64.2 Å². The maximum absolute atomic E-state index is 13.0. The van der Waals surface area contributed by atoms with Gasteiger partial charge < -0.3 is 29.8 Å². The molecule has 0 aliphatic carbocycles. The molecule has 4 aromatic carbocycles. The first-order valence-electron chi connectivity index (χ1n) is 16.5. The Hall–Kier alpha value is -5.40. The second kappa shape index (κ2) is 19.0. The maximum Gasteiger partial charge on any atom is 0.397 e. The van der Waals surface area contributed by atoms with Crippen LogP contribution in [0.3, 0.4) is 0 Å². The Kier molecular flexibility index (Phi) is 15.2. The lowest BCUT2D eigenvalue weighted by molar-refractivity contribution is 0.282. The van der Waals surface area contributed by atoms with Crippen LogP contribution in [0, 0.1) is 0 Å². The van der Waals surface area contributed by atoms with Gasteiger partial charge in [0.15, 0.2) is 25.4 Å². The third-order valence-corrected chi connectivity index (χ3v) is 14.2. The molecule has 64 heavy (non-hydrogen) atoms. The van der Waals surface area contributed by atoms with Gasteiger partial charge in [-0.3, -0.25) is 18.2 Å². The first-order valence-corrected chi connectivity index (χ1v) is 25.4. The molecule has 4 rings (SSSR count). The molecule has 352 valence electrons. The molecule has 0 spiro atoms. The molecule has 0 fully saturated rings. The van der Waals surface area contributed by atoms with Crippen LogP contribution in [0.25, 0.3) is 10.8 Å². The number of anilines is 1. The quantitative estimate of drug-likeness (QED) is 0.0421. The maximum atomic E-state index is 13.0. The molecular formula is C30H33N5O23S6. The number of hydrogen-bond donors (Lipinski definition) is 6. The van der Waals surface area contributed by atoms with E-state index in [1.54, 1.807) is 0 Å². The second-order valence-electron chi connectivity index (χ2n) is 12.1. The summed E-state index contributed by atoms with van der Waals surface area (Å²) in [6.45, 7) is -2.03. The van der Waals surface area contributed by atoms with Gasteiger partial charge in [-0.1, -0.05) is 0 Å². The minimum Gasteiger partial charge on any atom is -0.505 e. The number of hydrogen-bond acceptors (Lipinski definition) is 24. The van der Waals surface area contributed by atoms with Crippen LogP contribution in [-0.4, -0.2) is 127 Å². The van der Waals surface area contributed by atoms with E-state index in [0.717, 1.165) is 52.7 Å². The first-order chi connectivity index (χ1) is 29.4. The van der Waals surface area contributed by atoms with Crippen LogP contribution in [0.2, 0.25) is 0 Å². The van der Waals surface area contributed by atoms with Crippen molar-refractivity contribution in [3.63, 3.8) is 0 Å². The van der Waals surface area contributed by atoms with Gasteiger partial charge in [-0.25, -0.2) is 25.2 Å². The van der Waals surface area contributed by atoms with E-state index in [-0.39, 0.29) is 0 Å². The zero-order valence-electron chi connectivity index (χ0n) is 32.7. The number of fused-ring (bicyclic) bond motifs is 1. The van der Waals surface area contributed by atoms with E-state index in [4.69, 9.17) is 33.8 Å². The molecule has 0 saturated heterocycles. The Morgan fingerprint density at radius 2 is 0.859 bits per heavy atom. The smallest absolute Gasteiger partial charge is 0.397 e. The highest BCUT2D eigenvalue weighted by Gasteiger charge is 2.30. The number of phenolic OH excluding ortho intramolecular Hbond substituents is 1. The molecule has 0 heterocycles. The van der Waals surface area contributed by atoms with Gasteiger partial charge in [-0.15, -0.1) is 20.5 Å². The predicted molar refractivity (Wildman–Crippen MR) is 216 cm³/mol. The topological polar surface area (TPSA) is 437 Å². The monoisotopic (exact) mass is 1020 g/mol. The van der Waals surface area contributed by atoms with E-state index in [0.29, 0.717) is 12.1 Å². The van der Waals surface area contributed by atoms with Gasteiger partial charge in [0.25, 0.3) is 20.2 Å². The SMILES string of the molecule is COc1cc(S(=O)(=O)CCOS(=O)(=O)O)c(OC)cc1/N=N/c1c(S(=O)(=O)O)cc2cc(S(=O)(=O)O)c(/N=N/c3cc(OC)c(S(=O)(=O)CCOS(=O)(=O)O)cc3OC)c(O)c2c1N. The van der Waals surface area contributed by atoms with Crippen molar-refractivity contribution in [2.45, 2.75) is 19.6 Å². The summed E-state index contributed by atoms with van der Waals surface area (Å²) in [5, 5.41) is 25.4. The van der Waals surface area contributed by atoms with Crippen LogP contribution < -0.4 is 24.7 Å². The molecule has 7 N–H and O–H groups in total. The zero-order valence-corrected chi connectivity index (χ0v) is 37.6. The van der Waals surface area contributed by atoms with Crippen molar-refractivity contribution >= 4 is 99.9 Å². The highest BCUT2D eigenvalue weighted by molar-refractivity contribution is 7.92. The van der Waals surface area contributed by atoms with Crippen LogP contribution in [0.4, 0.5) is 28.4 Å². The Morgan fingerprint density at radius 1 is 0.500 bits per heavy atom. The van der Waals surface area contributed by atoms with E-state index in [9.17, 15) is 64.7 Å². The van der Waals surface area contributed by atoms with E-state index < -0.39 is 173 Å². The highest BCUT2D eigenvalue weighted by Crippen LogP contribution is 2.49. The van der Waals surface area contributed by atoms with Crippen LogP contribution in [-0.2, 0) is 69.1 Å². The standard InChI is InChI=1S/C30H33N5O23S6/c1-53-18-13-22(59(37,38)7-5-57-63(47,48)49)20(55-3)11-16(18)32-34-28-24(61(41,42)43)9-15-10-25(62(44,45)46)29(30(36)26(15)27(28)31)35-33-17-12-21(56-4)23(14-19(17)54-2)60(39,40)8-6-58-64(50,51)52/h9-14,36H,5-8,31H2,1-4H3,(H,41,42,43)(H,44,45,46)(H,47,48,49)(H,50,51,52)/b34-32+,35-33+. The largest absolute Gasteiger partial charge is 0.505 e. The molecule has 4 aromatic rings. The van der Waals surface area contributed by atoms with Gasteiger partial charge >= 0.3 is 20.8 Å². The fraction of sp³-hybridized carbons (Fsp3) is 0.267. The minimum absolute atomic E-state index is 0.390. The summed E-state index contributed by atoms with van der Waals surface area (Å²) in [5.41, 5.74) is 2.59. The number of nitrogens with two attached hydrogens (primary N) is 1. The minimum atomic E-state index is -5.41. The number of phenols is 1. The average molecular weight is 1020 g/mol. The Labute approximate surface area is 363 Å². The molecule has 0 aliphatic heterocycles. The van der Waals surface area contributed by atoms with Crippen molar-refractivity contribution < 1.29 is 101 Å². The van der Waals surface area contributed by atoms with Crippen LogP contribution in [0.1, 0.15) is 0 Å². The summed E-state index contributed by atoms with van der Waals surface area (Å²) in [5.74, 6) is -4.94. The highest BCUT2D eigenvalue weighted by atomic mass is 32.3. The van der Waals surface area contributed by atoms with Crippen molar-refractivity contribution in [3.05, 3.63) is 36.4 Å². The molecule has 0 aliphatic rings.